The smallest absolute Gasteiger partial charge is 0.0950 e. The van der Waals surface area contributed by atoms with Crippen molar-refractivity contribution in [1.82, 2.24) is 9.55 Å². The molecule has 1 aromatic heterocycles. The van der Waals surface area contributed by atoms with E-state index in [1.165, 1.54) is 16.2 Å². The van der Waals surface area contributed by atoms with Gasteiger partial charge in [0, 0.05) is 34.6 Å². The molecule has 0 saturated carbocycles. The van der Waals surface area contributed by atoms with Crippen LogP contribution in [-0.2, 0) is 5.75 Å². The molecule has 2 aromatic rings. The third-order valence-corrected chi connectivity index (χ3v) is 4.10. The average molecular weight is 275 g/mol. The summed E-state index contributed by atoms with van der Waals surface area (Å²) < 4.78 is 2.21. The van der Waals surface area contributed by atoms with Crippen LogP contribution in [0.4, 0.5) is 0 Å². The van der Waals surface area contributed by atoms with Crippen molar-refractivity contribution in [3.8, 4) is 0 Å². The van der Waals surface area contributed by atoms with E-state index in [2.05, 4.69) is 47.7 Å². The Morgan fingerprint density at radius 1 is 1.32 bits per heavy atom. The molecule has 0 radical (unpaired) electrons. The lowest BCUT2D eigenvalue weighted by Crippen LogP contribution is -2.04. The Morgan fingerprint density at radius 3 is 2.79 bits per heavy atom. The van der Waals surface area contributed by atoms with E-state index in [0.717, 1.165) is 5.75 Å². The summed E-state index contributed by atoms with van der Waals surface area (Å²) in [6.45, 7) is 6.36. The molecule has 1 heterocycles. The van der Waals surface area contributed by atoms with Crippen LogP contribution < -0.4 is 5.73 Å². The molecule has 0 aliphatic carbocycles. The quantitative estimate of drug-likeness (QED) is 0.845. The number of hydrogen-bond donors (Lipinski definition) is 1. The second-order valence-corrected chi connectivity index (χ2v) is 6.08. The molecular formula is C15H21N3S. The van der Waals surface area contributed by atoms with Gasteiger partial charge in [-0.05, 0) is 38.5 Å². The van der Waals surface area contributed by atoms with Gasteiger partial charge in [-0.3, -0.25) is 0 Å². The first-order chi connectivity index (χ1) is 9.08. The van der Waals surface area contributed by atoms with E-state index in [0.29, 0.717) is 6.04 Å². The average Bonchev–Trinajstić information content (AvgIpc) is 2.85. The van der Waals surface area contributed by atoms with Gasteiger partial charge in [-0.2, -0.15) is 0 Å². The number of nitrogens with two attached hydrogens (primary N) is 1. The summed E-state index contributed by atoms with van der Waals surface area (Å²) >= 11 is 1.82. The number of nitrogens with zero attached hydrogens (tertiary/aromatic N) is 2. The summed E-state index contributed by atoms with van der Waals surface area (Å²) in [7, 11) is 0. The van der Waals surface area contributed by atoms with E-state index < -0.39 is 0 Å². The SMILES string of the molecule is CC(N)c1cccc(SCc2cncn2C(C)C)c1. The van der Waals surface area contributed by atoms with E-state index >= 15 is 0 Å². The summed E-state index contributed by atoms with van der Waals surface area (Å²) in [4.78, 5) is 5.49. The van der Waals surface area contributed by atoms with Gasteiger partial charge < -0.3 is 10.3 Å². The van der Waals surface area contributed by atoms with Crippen LogP contribution in [0.5, 0.6) is 0 Å². The van der Waals surface area contributed by atoms with Gasteiger partial charge in [0.1, 0.15) is 0 Å². The number of hydrogen-bond acceptors (Lipinski definition) is 3. The molecule has 0 amide bonds. The Morgan fingerprint density at radius 2 is 2.11 bits per heavy atom. The van der Waals surface area contributed by atoms with E-state index in [9.17, 15) is 0 Å². The highest BCUT2D eigenvalue weighted by atomic mass is 32.2. The Balaban J connectivity index is 2.06. The van der Waals surface area contributed by atoms with Crippen molar-refractivity contribution >= 4 is 11.8 Å². The molecule has 0 saturated heterocycles. The second-order valence-electron chi connectivity index (χ2n) is 5.04. The molecule has 102 valence electrons. The third kappa shape index (κ3) is 3.61. The van der Waals surface area contributed by atoms with Crippen LogP contribution in [0, 0.1) is 0 Å². The summed E-state index contributed by atoms with van der Waals surface area (Å²) in [5, 5.41) is 0. The molecule has 19 heavy (non-hydrogen) atoms. The number of thioether (sulfide) groups is 1. The largest absolute Gasteiger partial charge is 0.331 e. The maximum absolute atomic E-state index is 5.91. The van der Waals surface area contributed by atoms with Crippen LogP contribution in [0.25, 0.3) is 0 Å². The zero-order valence-electron chi connectivity index (χ0n) is 11.7. The van der Waals surface area contributed by atoms with Crippen molar-refractivity contribution in [2.75, 3.05) is 0 Å². The monoisotopic (exact) mass is 275 g/mol. The third-order valence-electron chi connectivity index (χ3n) is 3.07. The molecule has 4 heteroatoms. The number of imidazole rings is 1. The highest BCUT2D eigenvalue weighted by Crippen LogP contribution is 2.25. The predicted molar refractivity (Wildman–Crippen MR) is 81.2 cm³/mol. The molecule has 0 fully saturated rings. The first-order valence-corrected chi connectivity index (χ1v) is 7.55. The van der Waals surface area contributed by atoms with Crippen molar-refractivity contribution in [2.45, 2.75) is 43.5 Å². The van der Waals surface area contributed by atoms with Crippen LogP contribution in [0.2, 0.25) is 0 Å². The van der Waals surface area contributed by atoms with Crippen molar-refractivity contribution in [3.63, 3.8) is 0 Å². The topological polar surface area (TPSA) is 43.8 Å². The molecule has 2 rings (SSSR count). The molecule has 1 atom stereocenters. The Hall–Kier alpha value is -1.26. The fourth-order valence-corrected chi connectivity index (χ4v) is 2.89. The highest BCUT2D eigenvalue weighted by Gasteiger charge is 2.06. The van der Waals surface area contributed by atoms with Gasteiger partial charge in [0.05, 0.1) is 6.33 Å². The lowest BCUT2D eigenvalue weighted by atomic mass is 10.1. The number of aromatic nitrogens is 2. The lowest BCUT2D eigenvalue weighted by molar-refractivity contribution is 0.584. The molecule has 0 aliphatic rings. The molecular weight excluding hydrogens is 254 g/mol. The van der Waals surface area contributed by atoms with Gasteiger partial charge in [-0.1, -0.05) is 12.1 Å². The maximum Gasteiger partial charge on any atom is 0.0950 e. The molecule has 1 unspecified atom stereocenters. The molecule has 0 spiro atoms. The van der Waals surface area contributed by atoms with E-state index in [1.54, 1.807) is 0 Å². The van der Waals surface area contributed by atoms with Crippen LogP contribution in [-0.4, -0.2) is 9.55 Å². The summed E-state index contributed by atoms with van der Waals surface area (Å²) in [5.74, 6) is 0.931. The van der Waals surface area contributed by atoms with Gasteiger partial charge in [-0.25, -0.2) is 4.98 Å². The Bertz CT molecular complexity index is 532. The minimum atomic E-state index is 0.0849. The summed E-state index contributed by atoms with van der Waals surface area (Å²) in [5.41, 5.74) is 8.35. The first-order valence-electron chi connectivity index (χ1n) is 6.57. The minimum Gasteiger partial charge on any atom is -0.331 e. The molecule has 1 aromatic carbocycles. The minimum absolute atomic E-state index is 0.0849. The fourth-order valence-electron chi connectivity index (χ4n) is 1.95. The summed E-state index contributed by atoms with van der Waals surface area (Å²) in [6, 6.07) is 8.99. The fraction of sp³-hybridized carbons (Fsp3) is 0.400. The lowest BCUT2D eigenvalue weighted by Gasteiger charge is -2.12. The van der Waals surface area contributed by atoms with Crippen molar-refractivity contribution in [2.24, 2.45) is 5.73 Å². The maximum atomic E-state index is 5.91. The number of benzene rings is 1. The van der Waals surface area contributed by atoms with Gasteiger partial charge in [-0.15, -0.1) is 11.8 Å². The second kappa shape index (κ2) is 6.26. The van der Waals surface area contributed by atoms with Crippen molar-refractivity contribution in [3.05, 3.63) is 48.0 Å². The van der Waals surface area contributed by atoms with Crippen LogP contribution in [0.1, 0.15) is 44.1 Å². The van der Waals surface area contributed by atoms with Gasteiger partial charge in [0.15, 0.2) is 0 Å². The Labute approximate surface area is 119 Å². The zero-order valence-corrected chi connectivity index (χ0v) is 12.5. The van der Waals surface area contributed by atoms with Crippen LogP contribution in [0.15, 0.2) is 41.7 Å². The van der Waals surface area contributed by atoms with E-state index in [-0.39, 0.29) is 6.04 Å². The molecule has 3 nitrogen and oxygen atoms in total. The summed E-state index contributed by atoms with van der Waals surface area (Å²) in [6.07, 6.45) is 3.85. The van der Waals surface area contributed by atoms with E-state index in [1.807, 2.05) is 31.2 Å². The molecule has 0 aliphatic heterocycles. The molecule has 0 bridgehead atoms. The van der Waals surface area contributed by atoms with Gasteiger partial charge >= 0.3 is 0 Å². The van der Waals surface area contributed by atoms with Crippen molar-refractivity contribution in [1.29, 1.82) is 0 Å². The van der Waals surface area contributed by atoms with Crippen LogP contribution >= 0.6 is 11.8 Å². The van der Waals surface area contributed by atoms with Gasteiger partial charge in [0.25, 0.3) is 0 Å². The van der Waals surface area contributed by atoms with Gasteiger partial charge in [0.2, 0.25) is 0 Å². The van der Waals surface area contributed by atoms with E-state index in [4.69, 9.17) is 5.73 Å². The highest BCUT2D eigenvalue weighted by molar-refractivity contribution is 7.98. The van der Waals surface area contributed by atoms with Crippen LogP contribution in [0.3, 0.4) is 0 Å². The number of rotatable bonds is 5. The normalized spacial score (nSPS) is 12.9. The molecule has 2 N–H and O–H groups in total. The standard InChI is InChI=1S/C15H21N3S/c1-11(2)18-10-17-8-14(18)9-19-15-6-4-5-13(7-15)12(3)16/h4-8,10-12H,9,16H2,1-3H3. The zero-order chi connectivity index (χ0) is 13.8. The first kappa shape index (κ1) is 14.2. The van der Waals surface area contributed by atoms with Crippen molar-refractivity contribution < 1.29 is 0 Å². The predicted octanol–water partition coefficient (Wildman–Crippen LogP) is 3.78. The Kier molecular flexibility index (Phi) is 4.66.